The van der Waals surface area contributed by atoms with E-state index in [0.717, 1.165) is 33.5 Å². The molecule has 5 nitrogen and oxygen atoms in total. The van der Waals surface area contributed by atoms with Crippen LogP contribution >= 0.6 is 11.8 Å². The van der Waals surface area contributed by atoms with Crippen LogP contribution in [-0.2, 0) is 29.3 Å². The molecule has 1 heterocycles. The lowest BCUT2D eigenvalue weighted by molar-refractivity contribution is -0.118. The highest BCUT2D eigenvalue weighted by atomic mass is 32.2. The second kappa shape index (κ2) is 11.5. The number of aryl methyl sites for hydroxylation is 1. The van der Waals surface area contributed by atoms with Crippen molar-refractivity contribution in [1.82, 2.24) is 10.3 Å². The first-order valence-electron chi connectivity index (χ1n) is 10.4. The number of pyridine rings is 1. The van der Waals surface area contributed by atoms with Gasteiger partial charge in [0, 0.05) is 12.2 Å². The molecule has 1 amide bonds. The van der Waals surface area contributed by atoms with E-state index in [-0.39, 0.29) is 11.7 Å². The van der Waals surface area contributed by atoms with Crippen molar-refractivity contribution in [2.75, 3.05) is 5.75 Å². The molecule has 0 spiro atoms. The van der Waals surface area contributed by atoms with Crippen LogP contribution in [0.5, 0.6) is 0 Å². The SMILES string of the molecule is Cc1nc(SCC(=O)NCc2cccc(COCc3ccccc3)c2)c(C#N)c(C)c1C. The Morgan fingerprint density at radius 2 is 1.69 bits per heavy atom. The first-order valence-corrected chi connectivity index (χ1v) is 11.4. The molecule has 3 rings (SSSR count). The van der Waals surface area contributed by atoms with Gasteiger partial charge >= 0.3 is 0 Å². The molecule has 1 N–H and O–H groups in total. The van der Waals surface area contributed by atoms with Crippen LogP contribution in [0.1, 0.15) is 39.1 Å². The predicted octanol–water partition coefficient (Wildman–Crippen LogP) is 5.00. The average Bonchev–Trinajstić information content (AvgIpc) is 2.81. The molecular formula is C26H27N3O2S. The number of aromatic nitrogens is 1. The highest BCUT2D eigenvalue weighted by Crippen LogP contribution is 2.26. The van der Waals surface area contributed by atoms with Gasteiger partial charge in [0.15, 0.2) is 0 Å². The van der Waals surface area contributed by atoms with Crippen molar-refractivity contribution in [3.05, 3.63) is 93.7 Å². The Bertz CT molecular complexity index is 1120. The van der Waals surface area contributed by atoms with Crippen LogP contribution in [0.2, 0.25) is 0 Å². The minimum atomic E-state index is -0.0951. The number of nitrogens with zero attached hydrogens (tertiary/aromatic N) is 2. The van der Waals surface area contributed by atoms with Crippen molar-refractivity contribution >= 4 is 17.7 Å². The molecule has 0 unspecified atom stereocenters. The van der Waals surface area contributed by atoms with Gasteiger partial charge in [0.1, 0.15) is 11.1 Å². The van der Waals surface area contributed by atoms with E-state index in [4.69, 9.17) is 4.74 Å². The number of carbonyl (C=O) groups excluding carboxylic acids is 1. The van der Waals surface area contributed by atoms with Crippen molar-refractivity contribution < 1.29 is 9.53 Å². The summed E-state index contributed by atoms with van der Waals surface area (Å²) in [5.41, 5.74) is 6.60. The molecule has 6 heteroatoms. The maximum absolute atomic E-state index is 12.4. The molecule has 0 radical (unpaired) electrons. The van der Waals surface area contributed by atoms with Gasteiger partial charge in [-0.15, -0.1) is 0 Å². The average molecular weight is 446 g/mol. The maximum atomic E-state index is 12.4. The molecule has 0 bridgehead atoms. The van der Waals surface area contributed by atoms with Gasteiger partial charge in [-0.3, -0.25) is 4.79 Å². The van der Waals surface area contributed by atoms with Crippen LogP contribution in [0.15, 0.2) is 59.6 Å². The van der Waals surface area contributed by atoms with Crippen molar-refractivity contribution in [2.45, 2.75) is 45.6 Å². The number of thioether (sulfide) groups is 1. The largest absolute Gasteiger partial charge is 0.372 e. The third kappa shape index (κ3) is 6.43. The van der Waals surface area contributed by atoms with Crippen LogP contribution in [0.25, 0.3) is 0 Å². The monoisotopic (exact) mass is 445 g/mol. The number of nitrogens with one attached hydrogen (secondary N) is 1. The molecule has 0 fully saturated rings. The fourth-order valence-electron chi connectivity index (χ4n) is 3.22. The van der Waals surface area contributed by atoms with Gasteiger partial charge in [-0.25, -0.2) is 4.98 Å². The zero-order valence-corrected chi connectivity index (χ0v) is 19.5. The van der Waals surface area contributed by atoms with E-state index in [9.17, 15) is 10.1 Å². The molecule has 3 aromatic rings. The van der Waals surface area contributed by atoms with Gasteiger partial charge in [-0.2, -0.15) is 5.26 Å². The number of hydrogen-bond acceptors (Lipinski definition) is 5. The molecule has 0 atom stereocenters. The molecular weight excluding hydrogens is 418 g/mol. The minimum Gasteiger partial charge on any atom is -0.372 e. The molecule has 1 aromatic heterocycles. The van der Waals surface area contributed by atoms with Crippen LogP contribution in [0, 0.1) is 32.1 Å². The Labute approximate surface area is 193 Å². The van der Waals surface area contributed by atoms with Crippen molar-refractivity contribution in [3.63, 3.8) is 0 Å². The van der Waals surface area contributed by atoms with Crippen LogP contribution in [0.4, 0.5) is 0 Å². The van der Waals surface area contributed by atoms with Crippen LogP contribution in [0.3, 0.4) is 0 Å². The molecule has 32 heavy (non-hydrogen) atoms. The zero-order chi connectivity index (χ0) is 22.9. The smallest absolute Gasteiger partial charge is 0.230 e. The predicted molar refractivity (Wildman–Crippen MR) is 127 cm³/mol. The third-order valence-electron chi connectivity index (χ3n) is 5.28. The Hall–Kier alpha value is -3.14. The van der Waals surface area contributed by atoms with Crippen molar-refractivity contribution in [2.24, 2.45) is 0 Å². The van der Waals surface area contributed by atoms with Crippen LogP contribution in [-0.4, -0.2) is 16.6 Å². The fraction of sp³-hybridized carbons (Fsp3) is 0.269. The lowest BCUT2D eigenvalue weighted by atomic mass is 10.1. The first kappa shape index (κ1) is 23.5. The maximum Gasteiger partial charge on any atom is 0.230 e. The standard InChI is InChI=1S/C26H27N3O2S/c1-18-19(2)24(13-27)26(29-20(18)3)32-17-25(30)28-14-22-10-7-11-23(12-22)16-31-15-21-8-5-4-6-9-21/h4-12H,14-17H2,1-3H3,(H,28,30). The Kier molecular flexibility index (Phi) is 8.43. The summed E-state index contributed by atoms with van der Waals surface area (Å²) in [6, 6.07) is 20.3. The fourth-order valence-corrected chi connectivity index (χ4v) is 4.14. The highest BCUT2D eigenvalue weighted by Gasteiger charge is 2.14. The van der Waals surface area contributed by atoms with Gasteiger partial charge in [0.2, 0.25) is 5.91 Å². The quantitative estimate of drug-likeness (QED) is 0.469. The molecule has 164 valence electrons. The van der Waals surface area contributed by atoms with Gasteiger partial charge in [-0.05, 0) is 48.6 Å². The summed E-state index contributed by atoms with van der Waals surface area (Å²) in [5.74, 6) is 0.117. The summed E-state index contributed by atoms with van der Waals surface area (Å²) in [4.78, 5) is 16.9. The van der Waals surface area contributed by atoms with E-state index in [0.29, 0.717) is 30.3 Å². The first-order chi connectivity index (χ1) is 15.5. The Morgan fingerprint density at radius 1 is 1.00 bits per heavy atom. The highest BCUT2D eigenvalue weighted by molar-refractivity contribution is 8.00. The van der Waals surface area contributed by atoms with E-state index in [1.807, 2.05) is 75.4 Å². The Balaban J connectivity index is 1.49. The van der Waals surface area contributed by atoms with Crippen molar-refractivity contribution in [3.8, 4) is 6.07 Å². The van der Waals surface area contributed by atoms with E-state index in [1.165, 1.54) is 11.8 Å². The van der Waals surface area contributed by atoms with Gasteiger partial charge in [0.05, 0.1) is 24.5 Å². The molecule has 0 saturated carbocycles. The van der Waals surface area contributed by atoms with E-state index in [1.54, 1.807) is 0 Å². The summed E-state index contributed by atoms with van der Waals surface area (Å²) in [6.07, 6.45) is 0. The summed E-state index contributed by atoms with van der Waals surface area (Å²) in [7, 11) is 0. The summed E-state index contributed by atoms with van der Waals surface area (Å²) in [6.45, 7) is 7.32. The van der Waals surface area contributed by atoms with Gasteiger partial charge in [0.25, 0.3) is 0 Å². The second-order valence-electron chi connectivity index (χ2n) is 7.60. The van der Waals surface area contributed by atoms with Crippen molar-refractivity contribution in [1.29, 1.82) is 5.26 Å². The molecule has 0 aliphatic carbocycles. The topological polar surface area (TPSA) is 75.0 Å². The summed E-state index contributed by atoms with van der Waals surface area (Å²) in [5, 5.41) is 13.0. The molecule has 0 saturated heterocycles. The van der Waals surface area contributed by atoms with Crippen LogP contribution < -0.4 is 5.32 Å². The van der Waals surface area contributed by atoms with E-state index < -0.39 is 0 Å². The lowest BCUT2D eigenvalue weighted by Gasteiger charge is -2.11. The number of nitriles is 1. The number of hydrogen-bond donors (Lipinski definition) is 1. The lowest BCUT2D eigenvalue weighted by Crippen LogP contribution is -2.24. The number of ether oxygens (including phenoxy) is 1. The summed E-state index contributed by atoms with van der Waals surface area (Å²) >= 11 is 1.30. The van der Waals surface area contributed by atoms with E-state index >= 15 is 0 Å². The number of amides is 1. The summed E-state index contributed by atoms with van der Waals surface area (Å²) < 4.78 is 5.80. The minimum absolute atomic E-state index is 0.0951. The van der Waals surface area contributed by atoms with Gasteiger partial charge < -0.3 is 10.1 Å². The van der Waals surface area contributed by atoms with Gasteiger partial charge in [-0.1, -0.05) is 66.4 Å². The Morgan fingerprint density at radius 3 is 2.44 bits per heavy atom. The molecule has 2 aromatic carbocycles. The second-order valence-corrected chi connectivity index (χ2v) is 8.57. The van der Waals surface area contributed by atoms with E-state index in [2.05, 4.69) is 16.4 Å². The molecule has 0 aliphatic heterocycles. The number of carbonyl (C=O) groups is 1. The number of rotatable bonds is 9. The molecule has 0 aliphatic rings. The zero-order valence-electron chi connectivity index (χ0n) is 18.6. The third-order valence-corrected chi connectivity index (χ3v) is 6.25. The number of benzene rings is 2. The normalized spacial score (nSPS) is 10.6.